The SMILES string of the molecule is Cc1cncc(C2=CCC(=O)CC2)c1. The fourth-order valence-corrected chi connectivity index (χ4v) is 1.71. The van der Waals surface area contributed by atoms with Crippen molar-refractivity contribution in [2.75, 3.05) is 0 Å². The van der Waals surface area contributed by atoms with E-state index in [1.54, 1.807) is 0 Å². The molecule has 1 aliphatic carbocycles. The van der Waals surface area contributed by atoms with Crippen molar-refractivity contribution in [3.05, 3.63) is 35.7 Å². The Kier molecular flexibility index (Phi) is 2.44. The van der Waals surface area contributed by atoms with Gasteiger partial charge in [-0.05, 0) is 36.1 Å². The molecule has 0 aliphatic heterocycles. The van der Waals surface area contributed by atoms with Crippen molar-refractivity contribution >= 4 is 11.4 Å². The van der Waals surface area contributed by atoms with Gasteiger partial charge in [0.15, 0.2) is 0 Å². The summed E-state index contributed by atoms with van der Waals surface area (Å²) < 4.78 is 0. The second kappa shape index (κ2) is 3.74. The lowest BCUT2D eigenvalue weighted by molar-refractivity contribution is -0.118. The van der Waals surface area contributed by atoms with Crippen LogP contribution in [0.15, 0.2) is 24.5 Å². The molecule has 0 fully saturated rings. The van der Waals surface area contributed by atoms with Gasteiger partial charge in [-0.25, -0.2) is 0 Å². The molecule has 1 aliphatic rings. The van der Waals surface area contributed by atoms with Crippen LogP contribution in [0.4, 0.5) is 0 Å². The minimum Gasteiger partial charge on any atom is -0.299 e. The number of aryl methyl sites for hydroxylation is 1. The van der Waals surface area contributed by atoms with E-state index < -0.39 is 0 Å². The first-order chi connectivity index (χ1) is 6.75. The maximum Gasteiger partial charge on any atom is 0.137 e. The largest absolute Gasteiger partial charge is 0.299 e. The number of rotatable bonds is 1. The van der Waals surface area contributed by atoms with Crippen molar-refractivity contribution in [1.82, 2.24) is 4.98 Å². The van der Waals surface area contributed by atoms with E-state index in [2.05, 4.69) is 11.1 Å². The van der Waals surface area contributed by atoms with Gasteiger partial charge in [0, 0.05) is 25.2 Å². The van der Waals surface area contributed by atoms with Gasteiger partial charge < -0.3 is 0 Å². The first kappa shape index (κ1) is 9.13. The number of hydrogen-bond donors (Lipinski definition) is 0. The van der Waals surface area contributed by atoms with Gasteiger partial charge in [-0.2, -0.15) is 0 Å². The fraction of sp³-hybridized carbons (Fsp3) is 0.333. The number of allylic oxidation sites excluding steroid dienone is 2. The van der Waals surface area contributed by atoms with Gasteiger partial charge >= 0.3 is 0 Å². The molecule has 14 heavy (non-hydrogen) atoms. The summed E-state index contributed by atoms with van der Waals surface area (Å²) >= 11 is 0. The van der Waals surface area contributed by atoms with Gasteiger partial charge in [-0.3, -0.25) is 9.78 Å². The van der Waals surface area contributed by atoms with Crippen molar-refractivity contribution in [3.63, 3.8) is 0 Å². The summed E-state index contributed by atoms with van der Waals surface area (Å²) in [5.41, 5.74) is 3.60. The Morgan fingerprint density at radius 3 is 2.79 bits per heavy atom. The Morgan fingerprint density at radius 1 is 1.29 bits per heavy atom. The molecule has 0 saturated carbocycles. The van der Waals surface area contributed by atoms with Crippen LogP contribution in [0.5, 0.6) is 0 Å². The minimum absolute atomic E-state index is 0.342. The Bertz CT molecular complexity index is 393. The van der Waals surface area contributed by atoms with Crippen molar-refractivity contribution in [2.24, 2.45) is 0 Å². The zero-order chi connectivity index (χ0) is 9.97. The molecule has 72 valence electrons. The van der Waals surface area contributed by atoms with E-state index in [-0.39, 0.29) is 0 Å². The summed E-state index contributed by atoms with van der Waals surface area (Å²) in [5.74, 6) is 0.342. The van der Waals surface area contributed by atoms with Gasteiger partial charge in [0.1, 0.15) is 5.78 Å². The van der Waals surface area contributed by atoms with E-state index in [0.29, 0.717) is 18.6 Å². The zero-order valence-electron chi connectivity index (χ0n) is 8.29. The van der Waals surface area contributed by atoms with Crippen molar-refractivity contribution < 1.29 is 4.79 Å². The number of nitrogens with zero attached hydrogens (tertiary/aromatic N) is 1. The highest BCUT2D eigenvalue weighted by Crippen LogP contribution is 2.24. The fourth-order valence-electron chi connectivity index (χ4n) is 1.71. The van der Waals surface area contributed by atoms with Crippen LogP contribution in [0.2, 0.25) is 0 Å². The molecular weight excluding hydrogens is 174 g/mol. The van der Waals surface area contributed by atoms with Gasteiger partial charge in [-0.1, -0.05) is 6.08 Å². The summed E-state index contributed by atoms with van der Waals surface area (Å²) in [4.78, 5) is 15.2. The van der Waals surface area contributed by atoms with E-state index in [1.165, 1.54) is 11.1 Å². The van der Waals surface area contributed by atoms with Crippen LogP contribution in [0.25, 0.3) is 5.57 Å². The molecule has 0 aromatic carbocycles. The third-order valence-electron chi connectivity index (χ3n) is 2.50. The maximum absolute atomic E-state index is 11.0. The van der Waals surface area contributed by atoms with Crippen LogP contribution in [0.3, 0.4) is 0 Å². The third kappa shape index (κ3) is 1.90. The highest BCUT2D eigenvalue weighted by Gasteiger charge is 2.11. The van der Waals surface area contributed by atoms with E-state index in [0.717, 1.165) is 12.0 Å². The number of pyridine rings is 1. The average Bonchev–Trinajstić information content (AvgIpc) is 2.19. The van der Waals surface area contributed by atoms with E-state index in [1.807, 2.05) is 25.4 Å². The third-order valence-corrected chi connectivity index (χ3v) is 2.50. The monoisotopic (exact) mass is 187 g/mol. The smallest absolute Gasteiger partial charge is 0.137 e. The molecule has 2 heteroatoms. The number of ketones is 1. The van der Waals surface area contributed by atoms with Gasteiger partial charge in [0.2, 0.25) is 0 Å². The normalized spacial score (nSPS) is 16.6. The van der Waals surface area contributed by atoms with E-state index in [9.17, 15) is 4.79 Å². The van der Waals surface area contributed by atoms with Crippen LogP contribution in [-0.2, 0) is 4.79 Å². The second-order valence-corrected chi connectivity index (χ2v) is 3.72. The number of carbonyl (C=O) groups is 1. The molecule has 0 atom stereocenters. The lowest BCUT2D eigenvalue weighted by Gasteiger charge is -2.12. The quantitative estimate of drug-likeness (QED) is 0.676. The summed E-state index contributed by atoms with van der Waals surface area (Å²) in [6, 6.07) is 2.12. The zero-order valence-corrected chi connectivity index (χ0v) is 8.29. The topological polar surface area (TPSA) is 30.0 Å². The lowest BCUT2D eigenvalue weighted by Crippen LogP contribution is -2.03. The maximum atomic E-state index is 11.0. The Hall–Kier alpha value is -1.44. The summed E-state index contributed by atoms with van der Waals surface area (Å²) in [7, 11) is 0. The van der Waals surface area contributed by atoms with Crippen LogP contribution in [0, 0.1) is 6.92 Å². The number of carbonyl (C=O) groups excluding carboxylic acids is 1. The van der Waals surface area contributed by atoms with Crippen LogP contribution in [0.1, 0.15) is 30.4 Å². The van der Waals surface area contributed by atoms with Crippen molar-refractivity contribution in [3.8, 4) is 0 Å². The molecule has 1 aromatic rings. The molecule has 0 radical (unpaired) electrons. The Morgan fingerprint density at radius 2 is 2.14 bits per heavy atom. The molecular formula is C12H13NO. The molecule has 0 unspecified atom stereocenters. The molecule has 1 aromatic heterocycles. The molecule has 0 amide bonds. The van der Waals surface area contributed by atoms with Crippen molar-refractivity contribution in [2.45, 2.75) is 26.2 Å². The van der Waals surface area contributed by atoms with E-state index >= 15 is 0 Å². The molecule has 0 spiro atoms. The Balaban J connectivity index is 2.27. The summed E-state index contributed by atoms with van der Waals surface area (Å²) in [6.45, 7) is 2.03. The first-order valence-corrected chi connectivity index (χ1v) is 4.88. The predicted molar refractivity (Wildman–Crippen MR) is 55.8 cm³/mol. The molecule has 2 rings (SSSR count). The molecule has 0 saturated heterocycles. The minimum atomic E-state index is 0.342. The number of hydrogen-bond acceptors (Lipinski definition) is 2. The average molecular weight is 187 g/mol. The highest BCUT2D eigenvalue weighted by molar-refractivity contribution is 5.86. The first-order valence-electron chi connectivity index (χ1n) is 4.88. The van der Waals surface area contributed by atoms with Gasteiger partial charge in [0.05, 0.1) is 0 Å². The molecule has 2 nitrogen and oxygen atoms in total. The van der Waals surface area contributed by atoms with Gasteiger partial charge in [-0.15, -0.1) is 0 Å². The van der Waals surface area contributed by atoms with Crippen LogP contribution < -0.4 is 0 Å². The number of aromatic nitrogens is 1. The molecule has 0 N–H and O–H groups in total. The van der Waals surface area contributed by atoms with Crippen LogP contribution in [-0.4, -0.2) is 10.8 Å². The van der Waals surface area contributed by atoms with Gasteiger partial charge in [0.25, 0.3) is 0 Å². The highest BCUT2D eigenvalue weighted by atomic mass is 16.1. The van der Waals surface area contributed by atoms with Crippen molar-refractivity contribution in [1.29, 1.82) is 0 Å². The Labute approximate surface area is 83.7 Å². The van der Waals surface area contributed by atoms with Crippen LogP contribution >= 0.6 is 0 Å². The van der Waals surface area contributed by atoms with E-state index in [4.69, 9.17) is 0 Å². The summed E-state index contributed by atoms with van der Waals surface area (Å²) in [6.07, 6.45) is 7.88. The predicted octanol–water partition coefficient (Wildman–Crippen LogP) is 2.53. The molecule has 0 bridgehead atoms. The standard InChI is InChI=1S/C12H13NO/c1-9-6-11(8-13-7-9)10-2-4-12(14)5-3-10/h2,6-8H,3-5H2,1H3. The lowest BCUT2D eigenvalue weighted by atomic mass is 9.93. The second-order valence-electron chi connectivity index (χ2n) is 3.72. The number of Topliss-reactive ketones (excluding diaryl/α,β-unsaturated/α-hetero) is 1. The molecule has 1 heterocycles. The summed E-state index contributed by atoms with van der Waals surface area (Å²) in [5, 5.41) is 0.